The van der Waals surface area contributed by atoms with Gasteiger partial charge >= 0.3 is 0 Å². The summed E-state index contributed by atoms with van der Waals surface area (Å²) in [5.41, 5.74) is 1.15. The van der Waals surface area contributed by atoms with Crippen LogP contribution in [0.15, 0.2) is 41.8 Å². The first-order chi connectivity index (χ1) is 11.8. The van der Waals surface area contributed by atoms with E-state index < -0.39 is 0 Å². The predicted molar refractivity (Wildman–Crippen MR) is 89.2 cm³/mol. The van der Waals surface area contributed by atoms with Crippen molar-refractivity contribution < 1.29 is 0 Å². The summed E-state index contributed by atoms with van der Waals surface area (Å²) < 4.78 is 1.92. The van der Waals surface area contributed by atoms with E-state index in [1.807, 2.05) is 16.8 Å². The van der Waals surface area contributed by atoms with Gasteiger partial charge in [0.1, 0.15) is 5.56 Å². The van der Waals surface area contributed by atoms with Crippen LogP contribution < -0.4 is 5.56 Å². The lowest BCUT2D eigenvalue weighted by Gasteiger charge is -2.22. The summed E-state index contributed by atoms with van der Waals surface area (Å²) in [6, 6.07) is 4.02. The first-order valence-corrected chi connectivity index (χ1v) is 8.23. The Hall–Kier alpha value is -2.83. The van der Waals surface area contributed by atoms with Gasteiger partial charge in [-0.2, -0.15) is 5.10 Å². The van der Waals surface area contributed by atoms with E-state index in [1.54, 1.807) is 18.6 Å². The van der Waals surface area contributed by atoms with Crippen molar-refractivity contribution in [2.75, 3.05) is 0 Å². The summed E-state index contributed by atoms with van der Waals surface area (Å²) in [5, 5.41) is 4.72. The minimum atomic E-state index is -0.198. The molecule has 0 radical (unpaired) electrons. The van der Waals surface area contributed by atoms with Gasteiger partial charge in [0.15, 0.2) is 11.6 Å². The quantitative estimate of drug-likeness (QED) is 0.800. The molecule has 3 heterocycles. The highest BCUT2D eigenvalue weighted by Crippen LogP contribution is 2.31. The Labute approximate surface area is 138 Å². The maximum atomic E-state index is 12.2. The molecule has 0 aromatic carbocycles. The van der Waals surface area contributed by atoms with Crippen LogP contribution in [0.5, 0.6) is 0 Å². The number of H-pyrrole nitrogens is 1. The van der Waals surface area contributed by atoms with Crippen LogP contribution in [-0.4, -0.2) is 29.7 Å². The number of nitrogens with zero attached hydrogens (tertiary/aromatic N) is 5. The normalized spacial score (nSPS) is 15.5. The Morgan fingerprint density at radius 1 is 1.08 bits per heavy atom. The van der Waals surface area contributed by atoms with E-state index in [-0.39, 0.29) is 11.6 Å². The molecule has 4 rings (SSSR count). The SMILES string of the molecule is O=c1[nH]cncc1-c1nc(-c2ccncc2)nn1C1CCCCC1. The third-order valence-corrected chi connectivity index (χ3v) is 4.45. The molecule has 1 aliphatic carbocycles. The van der Waals surface area contributed by atoms with E-state index in [0.29, 0.717) is 17.2 Å². The molecule has 0 aliphatic heterocycles. The maximum absolute atomic E-state index is 12.2. The highest BCUT2D eigenvalue weighted by molar-refractivity contribution is 5.60. The Kier molecular flexibility index (Phi) is 3.90. The van der Waals surface area contributed by atoms with E-state index in [4.69, 9.17) is 5.10 Å². The smallest absolute Gasteiger partial charge is 0.261 e. The third-order valence-electron chi connectivity index (χ3n) is 4.45. The van der Waals surface area contributed by atoms with Crippen LogP contribution in [0, 0.1) is 0 Å². The minimum Gasteiger partial charge on any atom is -0.313 e. The number of rotatable bonds is 3. The standard InChI is InChI=1S/C17H18N6O/c24-17-14(10-19-11-20-17)16-21-15(12-6-8-18-9-7-12)22-23(16)13-4-2-1-3-5-13/h6-11,13H,1-5H2,(H,19,20,24). The fraction of sp³-hybridized carbons (Fsp3) is 0.353. The van der Waals surface area contributed by atoms with Crippen LogP contribution in [0.2, 0.25) is 0 Å². The van der Waals surface area contributed by atoms with Crippen LogP contribution >= 0.6 is 0 Å². The monoisotopic (exact) mass is 322 g/mol. The van der Waals surface area contributed by atoms with Gasteiger partial charge < -0.3 is 4.98 Å². The van der Waals surface area contributed by atoms with Crippen LogP contribution in [0.3, 0.4) is 0 Å². The van der Waals surface area contributed by atoms with Crippen molar-refractivity contribution in [1.29, 1.82) is 0 Å². The molecule has 7 nitrogen and oxygen atoms in total. The molecule has 0 spiro atoms. The summed E-state index contributed by atoms with van der Waals surface area (Å²) in [7, 11) is 0. The van der Waals surface area contributed by atoms with Crippen LogP contribution in [0.4, 0.5) is 0 Å². The van der Waals surface area contributed by atoms with Crippen LogP contribution in [-0.2, 0) is 0 Å². The molecule has 1 fully saturated rings. The van der Waals surface area contributed by atoms with Crippen molar-refractivity contribution >= 4 is 0 Å². The van der Waals surface area contributed by atoms with E-state index in [0.717, 1.165) is 18.4 Å². The summed E-state index contributed by atoms with van der Waals surface area (Å²) >= 11 is 0. The van der Waals surface area contributed by atoms with Crippen molar-refractivity contribution in [1.82, 2.24) is 29.7 Å². The van der Waals surface area contributed by atoms with Crippen molar-refractivity contribution in [3.63, 3.8) is 0 Å². The van der Waals surface area contributed by atoms with Gasteiger partial charge in [-0.1, -0.05) is 19.3 Å². The molecule has 3 aromatic heterocycles. The largest absolute Gasteiger partial charge is 0.313 e. The zero-order valence-corrected chi connectivity index (χ0v) is 13.2. The molecule has 1 saturated carbocycles. The zero-order valence-electron chi connectivity index (χ0n) is 13.2. The fourth-order valence-corrected chi connectivity index (χ4v) is 3.21. The van der Waals surface area contributed by atoms with Crippen molar-refractivity contribution in [3.05, 3.63) is 47.4 Å². The second-order valence-electron chi connectivity index (χ2n) is 6.03. The van der Waals surface area contributed by atoms with Crippen molar-refractivity contribution in [2.24, 2.45) is 0 Å². The minimum absolute atomic E-state index is 0.198. The second kappa shape index (κ2) is 6.35. The molecule has 3 aromatic rings. The summed E-state index contributed by atoms with van der Waals surface area (Å²) in [6.07, 6.45) is 12.1. The lowest BCUT2D eigenvalue weighted by Crippen LogP contribution is -2.18. The van der Waals surface area contributed by atoms with Gasteiger partial charge in [0.2, 0.25) is 0 Å². The number of hydrogen-bond acceptors (Lipinski definition) is 5. The average molecular weight is 322 g/mol. The molecule has 7 heteroatoms. The topological polar surface area (TPSA) is 89.3 Å². The van der Waals surface area contributed by atoms with E-state index in [9.17, 15) is 4.79 Å². The summed E-state index contributed by atoms with van der Waals surface area (Å²) in [5.74, 6) is 1.20. The van der Waals surface area contributed by atoms with Gasteiger partial charge in [0.25, 0.3) is 5.56 Å². The lowest BCUT2D eigenvalue weighted by atomic mass is 9.95. The van der Waals surface area contributed by atoms with Crippen molar-refractivity contribution in [2.45, 2.75) is 38.1 Å². The highest BCUT2D eigenvalue weighted by Gasteiger charge is 2.23. The fourth-order valence-electron chi connectivity index (χ4n) is 3.21. The molecule has 0 atom stereocenters. The predicted octanol–water partition coefficient (Wildman–Crippen LogP) is 2.60. The molecule has 122 valence electrons. The number of aromatic amines is 1. The lowest BCUT2D eigenvalue weighted by molar-refractivity contribution is 0.332. The first kappa shape index (κ1) is 14.7. The zero-order chi connectivity index (χ0) is 16.4. The van der Waals surface area contributed by atoms with Gasteiger partial charge in [0, 0.05) is 24.2 Å². The summed E-state index contributed by atoms with van der Waals surface area (Å²) in [4.78, 5) is 27.6. The highest BCUT2D eigenvalue weighted by atomic mass is 16.1. The first-order valence-electron chi connectivity index (χ1n) is 8.23. The van der Waals surface area contributed by atoms with Gasteiger partial charge in [-0.3, -0.25) is 9.78 Å². The van der Waals surface area contributed by atoms with Crippen LogP contribution in [0.1, 0.15) is 38.1 Å². The van der Waals surface area contributed by atoms with Gasteiger partial charge in [-0.15, -0.1) is 0 Å². The van der Waals surface area contributed by atoms with E-state index in [1.165, 1.54) is 25.6 Å². The second-order valence-corrected chi connectivity index (χ2v) is 6.03. The number of hydrogen-bond donors (Lipinski definition) is 1. The molecule has 0 amide bonds. The van der Waals surface area contributed by atoms with Crippen molar-refractivity contribution in [3.8, 4) is 22.8 Å². The van der Waals surface area contributed by atoms with E-state index in [2.05, 4.69) is 19.9 Å². The van der Waals surface area contributed by atoms with Crippen LogP contribution in [0.25, 0.3) is 22.8 Å². The van der Waals surface area contributed by atoms with E-state index >= 15 is 0 Å². The molecule has 24 heavy (non-hydrogen) atoms. The molecule has 1 N–H and O–H groups in total. The van der Waals surface area contributed by atoms with Gasteiger partial charge in [0.05, 0.1) is 12.4 Å². The summed E-state index contributed by atoms with van der Waals surface area (Å²) in [6.45, 7) is 0. The van der Waals surface area contributed by atoms with Gasteiger partial charge in [-0.25, -0.2) is 14.6 Å². The average Bonchev–Trinajstić information content (AvgIpc) is 3.09. The molecule has 0 bridgehead atoms. The Morgan fingerprint density at radius 3 is 2.62 bits per heavy atom. The Bertz CT molecular complexity index is 879. The Morgan fingerprint density at radius 2 is 1.88 bits per heavy atom. The molecular weight excluding hydrogens is 304 g/mol. The molecular formula is C17H18N6O. The number of pyridine rings is 1. The molecule has 1 aliphatic rings. The van der Waals surface area contributed by atoms with Gasteiger partial charge in [-0.05, 0) is 25.0 Å². The molecule has 0 unspecified atom stereocenters. The maximum Gasteiger partial charge on any atom is 0.261 e. The number of nitrogens with one attached hydrogen (secondary N) is 1. The third kappa shape index (κ3) is 2.73. The molecule has 0 saturated heterocycles. The Balaban J connectivity index is 1.85. The number of aromatic nitrogens is 6.